The van der Waals surface area contributed by atoms with Crippen LogP contribution in [0, 0.1) is 19.3 Å². The highest BCUT2D eigenvalue weighted by atomic mass is 16.2. The third-order valence-corrected chi connectivity index (χ3v) is 4.10. The summed E-state index contributed by atoms with van der Waals surface area (Å²) in [6, 6.07) is 6.70. The number of benzene rings is 1. The summed E-state index contributed by atoms with van der Waals surface area (Å²) in [6.45, 7) is 15.0. The highest BCUT2D eigenvalue weighted by Crippen LogP contribution is 2.27. The molecule has 0 aromatic heterocycles. The maximum atomic E-state index is 13.0. The predicted molar refractivity (Wildman–Crippen MR) is 101 cm³/mol. The van der Waals surface area contributed by atoms with E-state index in [0.29, 0.717) is 6.42 Å². The molecule has 130 valence electrons. The monoisotopic (exact) mass is 317 g/mol. The van der Waals surface area contributed by atoms with Gasteiger partial charge in [0.25, 0.3) is 0 Å². The molecule has 0 N–H and O–H groups in total. The average Bonchev–Trinajstić information content (AvgIpc) is 2.35. The number of carbonyl (C=O) groups is 1. The first-order valence-electron chi connectivity index (χ1n) is 9.04. The van der Waals surface area contributed by atoms with Crippen LogP contribution in [0.2, 0.25) is 0 Å². The van der Waals surface area contributed by atoms with Gasteiger partial charge in [-0.25, -0.2) is 0 Å². The molecule has 0 saturated carbocycles. The van der Waals surface area contributed by atoms with E-state index in [0.717, 1.165) is 12.1 Å². The standard InChI is InChI=1S/C21H35NO/c1-8-9-10-11-18(4)22(20(23)15-21(5,6)7)19-13-16(2)12-17(3)14-19/h12-14,18H,8-11,15H2,1-7H3. The minimum atomic E-state index is 0.0113. The van der Waals surface area contributed by atoms with Gasteiger partial charge in [0.2, 0.25) is 5.91 Å². The molecule has 0 spiro atoms. The van der Waals surface area contributed by atoms with Gasteiger partial charge in [-0.05, 0) is 55.9 Å². The van der Waals surface area contributed by atoms with Crippen molar-refractivity contribution >= 4 is 11.6 Å². The molecule has 0 fully saturated rings. The zero-order valence-corrected chi connectivity index (χ0v) is 16.2. The Morgan fingerprint density at radius 3 is 2.13 bits per heavy atom. The van der Waals surface area contributed by atoms with Crippen molar-refractivity contribution in [2.45, 2.75) is 86.6 Å². The van der Waals surface area contributed by atoms with Gasteiger partial charge in [0.15, 0.2) is 0 Å². The van der Waals surface area contributed by atoms with Crippen molar-refractivity contribution in [1.29, 1.82) is 0 Å². The van der Waals surface area contributed by atoms with Crippen molar-refractivity contribution < 1.29 is 4.79 Å². The molecule has 23 heavy (non-hydrogen) atoms. The number of aryl methyl sites for hydroxylation is 2. The van der Waals surface area contributed by atoms with E-state index in [1.54, 1.807) is 0 Å². The summed E-state index contributed by atoms with van der Waals surface area (Å²) >= 11 is 0. The molecule has 2 nitrogen and oxygen atoms in total. The zero-order chi connectivity index (χ0) is 17.6. The number of anilines is 1. The van der Waals surface area contributed by atoms with Gasteiger partial charge >= 0.3 is 0 Å². The van der Waals surface area contributed by atoms with Crippen LogP contribution in [-0.2, 0) is 4.79 Å². The molecule has 0 radical (unpaired) electrons. The second-order valence-electron chi connectivity index (χ2n) is 8.19. The molecule has 1 atom stereocenters. The van der Waals surface area contributed by atoms with E-state index >= 15 is 0 Å². The molecular weight excluding hydrogens is 282 g/mol. The van der Waals surface area contributed by atoms with Crippen LogP contribution in [0.5, 0.6) is 0 Å². The Hall–Kier alpha value is -1.31. The molecule has 0 aliphatic rings. The molecule has 2 heteroatoms. The van der Waals surface area contributed by atoms with Gasteiger partial charge in [-0.1, -0.05) is 53.0 Å². The lowest BCUT2D eigenvalue weighted by atomic mass is 9.91. The first kappa shape index (κ1) is 19.7. The summed E-state index contributed by atoms with van der Waals surface area (Å²) < 4.78 is 0. The van der Waals surface area contributed by atoms with Gasteiger partial charge < -0.3 is 4.90 Å². The molecule has 1 unspecified atom stereocenters. The number of carbonyl (C=O) groups excluding carboxylic acids is 1. The van der Waals surface area contributed by atoms with E-state index < -0.39 is 0 Å². The number of hydrogen-bond donors (Lipinski definition) is 0. The van der Waals surface area contributed by atoms with Crippen LogP contribution >= 0.6 is 0 Å². The minimum Gasteiger partial charge on any atom is -0.310 e. The fraction of sp³-hybridized carbons (Fsp3) is 0.667. The van der Waals surface area contributed by atoms with Gasteiger partial charge in [0.1, 0.15) is 0 Å². The Morgan fingerprint density at radius 1 is 1.09 bits per heavy atom. The molecule has 0 aliphatic heterocycles. The second-order valence-corrected chi connectivity index (χ2v) is 8.19. The smallest absolute Gasteiger partial charge is 0.227 e. The molecule has 0 bridgehead atoms. The minimum absolute atomic E-state index is 0.0113. The Morgan fingerprint density at radius 2 is 1.65 bits per heavy atom. The van der Waals surface area contributed by atoms with Crippen LogP contribution in [-0.4, -0.2) is 11.9 Å². The molecule has 0 aliphatic carbocycles. The quantitative estimate of drug-likeness (QED) is 0.561. The van der Waals surface area contributed by atoms with Crippen molar-refractivity contribution in [3.8, 4) is 0 Å². The number of rotatable bonds is 7. The van der Waals surface area contributed by atoms with E-state index in [9.17, 15) is 4.79 Å². The van der Waals surface area contributed by atoms with E-state index in [1.165, 1.54) is 30.4 Å². The van der Waals surface area contributed by atoms with Gasteiger partial charge in [-0.2, -0.15) is 0 Å². The van der Waals surface area contributed by atoms with Crippen molar-refractivity contribution in [1.82, 2.24) is 0 Å². The van der Waals surface area contributed by atoms with Crippen molar-refractivity contribution in [3.05, 3.63) is 29.3 Å². The highest BCUT2D eigenvalue weighted by Gasteiger charge is 2.26. The van der Waals surface area contributed by atoms with Gasteiger partial charge in [-0.15, -0.1) is 0 Å². The first-order valence-corrected chi connectivity index (χ1v) is 9.04. The molecule has 1 aromatic carbocycles. The summed E-state index contributed by atoms with van der Waals surface area (Å²) in [5.41, 5.74) is 3.50. The normalized spacial score (nSPS) is 13.0. The van der Waals surface area contributed by atoms with Crippen molar-refractivity contribution in [3.63, 3.8) is 0 Å². The predicted octanol–water partition coefficient (Wildman–Crippen LogP) is 6.04. The van der Waals surface area contributed by atoms with Crippen LogP contribution < -0.4 is 4.90 Å². The largest absolute Gasteiger partial charge is 0.310 e. The lowest BCUT2D eigenvalue weighted by molar-refractivity contribution is -0.120. The second kappa shape index (κ2) is 8.52. The lowest BCUT2D eigenvalue weighted by Crippen LogP contribution is -2.40. The molecular formula is C21H35NO. The van der Waals surface area contributed by atoms with E-state index in [1.807, 2.05) is 4.90 Å². The average molecular weight is 318 g/mol. The Balaban J connectivity index is 3.06. The summed E-state index contributed by atoms with van der Waals surface area (Å²) in [5, 5.41) is 0. The maximum Gasteiger partial charge on any atom is 0.227 e. The summed E-state index contributed by atoms with van der Waals surface area (Å²) in [5.74, 6) is 0.242. The van der Waals surface area contributed by atoms with Crippen molar-refractivity contribution in [2.24, 2.45) is 5.41 Å². The maximum absolute atomic E-state index is 13.0. The van der Waals surface area contributed by atoms with Crippen LogP contribution in [0.3, 0.4) is 0 Å². The van der Waals surface area contributed by atoms with E-state index in [4.69, 9.17) is 0 Å². The van der Waals surface area contributed by atoms with Crippen LogP contribution in [0.1, 0.15) is 77.8 Å². The molecule has 1 rings (SSSR count). The third-order valence-electron chi connectivity index (χ3n) is 4.10. The summed E-state index contributed by atoms with van der Waals surface area (Å²) in [6.07, 6.45) is 5.28. The topological polar surface area (TPSA) is 20.3 Å². The van der Waals surface area contributed by atoms with Gasteiger partial charge in [0, 0.05) is 18.2 Å². The van der Waals surface area contributed by atoms with Crippen LogP contribution in [0.15, 0.2) is 18.2 Å². The fourth-order valence-corrected chi connectivity index (χ4v) is 3.09. The lowest BCUT2D eigenvalue weighted by Gasteiger charge is -2.32. The molecule has 0 heterocycles. The van der Waals surface area contributed by atoms with Crippen molar-refractivity contribution in [2.75, 3.05) is 4.90 Å². The fourth-order valence-electron chi connectivity index (χ4n) is 3.09. The number of unbranched alkanes of at least 4 members (excludes halogenated alkanes) is 2. The molecule has 0 saturated heterocycles. The van der Waals surface area contributed by atoms with Gasteiger partial charge in [-0.3, -0.25) is 4.79 Å². The summed E-state index contributed by atoms with van der Waals surface area (Å²) in [4.78, 5) is 15.0. The SMILES string of the molecule is CCCCCC(C)N(C(=O)CC(C)(C)C)c1cc(C)cc(C)c1. The Labute approximate surface area is 143 Å². The highest BCUT2D eigenvalue weighted by molar-refractivity contribution is 5.94. The van der Waals surface area contributed by atoms with Gasteiger partial charge in [0.05, 0.1) is 0 Å². The number of nitrogens with zero attached hydrogens (tertiary/aromatic N) is 1. The first-order chi connectivity index (χ1) is 10.6. The number of hydrogen-bond acceptors (Lipinski definition) is 1. The Kier molecular flexibility index (Phi) is 7.31. The Bertz CT molecular complexity index is 493. The van der Waals surface area contributed by atoms with Crippen LogP contribution in [0.4, 0.5) is 5.69 Å². The van der Waals surface area contributed by atoms with E-state index in [2.05, 4.69) is 66.7 Å². The van der Waals surface area contributed by atoms with E-state index in [-0.39, 0.29) is 17.4 Å². The summed E-state index contributed by atoms with van der Waals surface area (Å²) in [7, 11) is 0. The van der Waals surface area contributed by atoms with Crippen LogP contribution in [0.25, 0.3) is 0 Å². The number of amides is 1. The third kappa shape index (κ3) is 6.76. The molecule has 1 amide bonds. The zero-order valence-electron chi connectivity index (χ0n) is 16.2. The molecule has 1 aromatic rings.